The average Bonchev–Trinajstić information content (AvgIpc) is 3.13. The van der Waals surface area contributed by atoms with Crippen molar-refractivity contribution in [3.8, 4) is 17.6 Å². The van der Waals surface area contributed by atoms with E-state index in [1.165, 1.54) is 6.07 Å². The topological polar surface area (TPSA) is 137 Å². The van der Waals surface area contributed by atoms with Crippen molar-refractivity contribution in [3.63, 3.8) is 0 Å². The molecule has 0 aliphatic carbocycles. The van der Waals surface area contributed by atoms with Crippen LogP contribution in [0.25, 0.3) is 0 Å². The van der Waals surface area contributed by atoms with E-state index in [-0.39, 0.29) is 65.4 Å². The molecule has 11 heteroatoms. The molecule has 1 aromatic carbocycles. The van der Waals surface area contributed by atoms with E-state index in [0.29, 0.717) is 29.8 Å². The molecule has 3 rings (SSSR count). The molecule has 0 fully saturated rings. The van der Waals surface area contributed by atoms with Crippen LogP contribution in [-0.2, 0) is 23.4 Å². The zero-order valence-corrected chi connectivity index (χ0v) is 22.7. The minimum Gasteiger partial charge on any atom is -0.490 e. The van der Waals surface area contributed by atoms with Gasteiger partial charge in [-0.15, -0.1) is 17.0 Å². The van der Waals surface area contributed by atoms with Crippen LogP contribution >= 0.6 is 17.0 Å². The second kappa shape index (κ2) is 12.6. The number of carbonyl (C=O) groups is 2. The number of fused-ring (bicyclic) bond motifs is 1. The molecular formula is C26H30BrFN4O5. The number of nitrogens with zero attached hydrogens (tertiary/aromatic N) is 3. The maximum Gasteiger partial charge on any atom is 0.341 e. The molecular weight excluding hydrogens is 547 g/mol. The summed E-state index contributed by atoms with van der Waals surface area (Å²) in [6.07, 6.45) is 0.737. The van der Waals surface area contributed by atoms with Gasteiger partial charge in [-0.3, -0.25) is 10.2 Å². The number of carboxylic acid groups (broad SMARTS) is 1. The Morgan fingerprint density at radius 3 is 2.62 bits per heavy atom. The Bertz CT molecular complexity index is 1220. The van der Waals surface area contributed by atoms with Crippen LogP contribution in [-0.4, -0.2) is 52.3 Å². The van der Waals surface area contributed by atoms with Gasteiger partial charge in [-0.2, -0.15) is 5.26 Å². The predicted molar refractivity (Wildman–Crippen MR) is 140 cm³/mol. The molecule has 0 atom stereocenters. The minimum absolute atomic E-state index is 0. The number of hydrogen-bond donors (Lipinski definition) is 2. The van der Waals surface area contributed by atoms with Crippen molar-refractivity contribution >= 4 is 34.6 Å². The van der Waals surface area contributed by atoms with Gasteiger partial charge in [0.2, 0.25) is 0 Å². The van der Waals surface area contributed by atoms with Crippen LogP contribution in [0.15, 0.2) is 24.3 Å². The van der Waals surface area contributed by atoms with Gasteiger partial charge < -0.3 is 19.5 Å². The van der Waals surface area contributed by atoms with Gasteiger partial charge in [-0.05, 0) is 30.0 Å². The molecule has 0 saturated heterocycles. The van der Waals surface area contributed by atoms with Crippen LogP contribution in [0, 0.1) is 16.7 Å². The third-order valence-electron chi connectivity index (χ3n) is 5.62. The van der Waals surface area contributed by atoms with E-state index >= 15 is 0 Å². The van der Waals surface area contributed by atoms with Crippen molar-refractivity contribution in [3.05, 3.63) is 52.3 Å². The monoisotopic (exact) mass is 576 g/mol. The van der Waals surface area contributed by atoms with Crippen LogP contribution < -0.4 is 9.47 Å². The molecule has 198 valence electrons. The molecule has 0 amide bonds. The summed E-state index contributed by atoms with van der Waals surface area (Å²) in [4.78, 5) is 30.3. The Balaban J connectivity index is 0.00000481. The summed E-state index contributed by atoms with van der Waals surface area (Å²) in [5.74, 6) is -0.918. The molecule has 0 bridgehead atoms. The Labute approximate surface area is 225 Å². The number of pyridine rings is 1. The Morgan fingerprint density at radius 1 is 1.27 bits per heavy atom. The lowest BCUT2D eigenvalue weighted by molar-refractivity contribution is -0.139. The first-order valence-corrected chi connectivity index (χ1v) is 11.5. The number of aromatic nitrogens is 1. The van der Waals surface area contributed by atoms with Gasteiger partial charge in [0.1, 0.15) is 18.2 Å². The van der Waals surface area contributed by atoms with Gasteiger partial charge >= 0.3 is 5.97 Å². The largest absolute Gasteiger partial charge is 0.490 e. The quantitative estimate of drug-likeness (QED) is 0.292. The highest BCUT2D eigenvalue weighted by molar-refractivity contribution is 8.93. The van der Waals surface area contributed by atoms with E-state index in [1.54, 1.807) is 23.1 Å². The van der Waals surface area contributed by atoms with Crippen LogP contribution in [0.2, 0.25) is 0 Å². The number of rotatable bonds is 11. The van der Waals surface area contributed by atoms with Crippen molar-refractivity contribution in [1.29, 1.82) is 10.7 Å². The van der Waals surface area contributed by atoms with Gasteiger partial charge in [0.25, 0.3) is 0 Å². The summed E-state index contributed by atoms with van der Waals surface area (Å²) in [6, 6.07) is 8.49. The number of benzene rings is 1. The third-order valence-corrected chi connectivity index (χ3v) is 5.62. The standard InChI is InChI=1S/C26H29FN4O5.BrH/c1-26(2,3)19-10-17(11-21(35-9-5-4-8-28)24(19)36-15-22(33)34)20(32)14-31-13-16-6-7-18(12-27)30-23(16)25(31)29;/h6-7,10-11,29H,4-5,9,12-15H2,1-3H3,(H,33,34);1H. The van der Waals surface area contributed by atoms with Gasteiger partial charge in [0.15, 0.2) is 23.9 Å². The molecule has 0 saturated carbocycles. The van der Waals surface area contributed by atoms with Gasteiger partial charge in [0.05, 0.1) is 24.9 Å². The van der Waals surface area contributed by atoms with Crippen molar-refractivity contribution in [2.75, 3.05) is 19.8 Å². The first-order chi connectivity index (χ1) is 17.0. The fourth-order valence-electron chi connectivity index (χ4n) is 3.81. The number of nitriles is 1. The lowest BCUT2D eigenvalue weighted by atomic mass is 9.84. The van der Waals surface area contributed by atoms with Crippen LogP contribution in [0.4, 0.5) is 4.39 Å². The molecule has 1 aromatic heterocycles. The van der Waals surface area contributed by atoms with E-state index in [1.807, 2.05) is 26.8 Å². The molecule has 0 unspecified atom stereocenters. The van der Waals surface area contributed by atoms with Crippen molar-refractivity contribution in [2.24, 2.45) is 0 Å². The first kappa shape index (κ1) is 29.7. The number of ether oxygens (including phenoxy) is 2. The highest BCUT2D eigenvalue weighted by Crippen LogP contribution is 2.40. The minimum atomic E-state index is -1.15. The summed E-state index contributed by atoms with van der Waals surface area (Å²) in [7, 11) is 0. The maximum atomic E-state index is 13.4. The van der Waals surface area contributed by atoms with E-state index in [0.717, 1.165) is 5.56 Å². The van der Waals surface area contributed by atoms with Gasteiger partial charge in [-0.25, -0.2) is 14.2 Å². The molecule has 2 aromatic rings. The molecule has 9 nitrogen and oxygen atoms in total. The smallest absolute Gasteiger partial charge is 0.341 e. The number of aliphatic carboxylic acids is 1. The summed E-state index contributed by atoms with van der Waals surface area (Å²) < 4.78 is 24.4. The average molecular weight is 577 g/mol. The summed E-state index contributed by atoms with van der Waals surface area (Å²) in [5.41, 5.74) is 1.75. The molecule has 0 spiro atoms. The SMILES string of the molecule is Br.CC(C)(C)c1cc(C(=O)CN2Cc3ccc(CF)nc3C2=N)cc(OCCCC#N)c1OCC(=O)O. The van der Waals surface area contributed by atoms with E-state index < -0.39 is 24.7 Å². The molecule has 2 N–H and O–H groups in total. The molecule has 0 radical (unpaired) electrons. The number of nitrogens with one attached hydrogen (secondary N) is 1. The molecule has 37 heavy (non-hydrogen) atoms. The van der Waals surface area contributed by atoms with Crippen LogP contribution in [0.5, 0.6) is 11.5 Å². The number of alkyl halides is 1. The summed E-state index contributed by atoms with van der Waals surface area (Å²) in [5, 5.41) is 26.4. The first-order valence-electron chi connectivity index (χ1n) is 11.5. The van der Waals surface area contributed by atoms with Crippen molar-refractivity contribution in [1.82, 2.24) is 9.88 Å². The summed E-state index contributed by atoms with van der Waals surface area (Å²) >= 11 is 0. The fraction of sp³-hybridized carbons (Fsp3) is 0.423. The van der Waals surface area contributed by atoms with Gasteiger partial charge in [0, 0.05) is 29.7 Å². The maximum absolute atomic E-state index is 13.4. The zero-order chi connectivity index (χ0) is 26.5. The number of halogens is 2. The number of carbonyl (C=O) groups excluding carboxylic acids is 1. The van der Waals surface area contributed by atoms with Gasteiger partial charge in [-0.1, -0.05) is 26.8 Å². The zero-order valence-electron chi connectivity index (χ0n) is 21.0. The Hall–Kier alpha value is -3.52. The lowest BCUT2D eigenvalue weighted by Crippen LogP contribution is -2.30. The molecule has 1 aliphatic rings. The highest BCUT2D eigenvalue weighted by Gasteiger charge is 2.30. The molecule has 2 heterocycles. The lowest BCUT2D eigenvalue weighted by Gasteiger charge is -2.26. The number of unbranched alkanes of at least 4 members (excludes halogenated alkanes) is 1. The van der Waals surface area contributed by atoms with E-state index in [4.69, 9.17) is 25.3 Å². The second-order valence-electron chi connectivity index (χ2n) is 9.47. The number of ketones is 1. The fourth-order valence-corrected chi connectivity index (χ4v) is 3.81. The Kier molecular flexibility index (Phi) is 10.1. The second-order valence-corrected chi connectivity index (χ2v) is 9.47. The highest BCUT2D eigenvalue weighted by atomic mass is 79.9. The predicted octanol–water partition coefficient (Wildman–Crippen LogP) is 4.60. The Morgan fingerprint density at radius 2 is 2.00 bits per heavy atom. The number of amidine groups is 1. The number of carboxylic acids is 1. The summed E-state index contributed by atoms with van der Waals surface area (Å²) in [6.45, 7) is 4.80. The number of Topliss-reactive ketones (excluding diaryl/α,β-unsaturated/α-hetero) is 1. The normalized spacial score (nSPS) is 12.4. The van der Waals surface area contributed by atoms with E-state index in [2.05, 4.69) is 4.98 Å². The molecule has 1 aliphatic heterocycles. The van der Waals surface area contributed by atoms with E-state index in [9.17, 15) is 14.0 Å². The van der Waals surface area contributed by atoms with Crippen molar-refractivity contribution in [2.45, 2.75) is 52.2 Å². The third kappa shape index (κ3) is 7.26. The van der Waals surface area contributed by atoms with Crippen LogP contribution in [0.1, 0.15) is 66.5 Å². The number of hydrogen-bond acceptors (Lipinski definition) is 7. The van der Waals surface area contributed by atoms with Crippen molar-refractivity contribution < 1.29 is 28.6 Å². The van der Waals surface area contributed by atoms with Crippen LogP contribution in [0.3, 0.4) is 0 Å².